The van der Waals surface area contributed by atoms with Crippen LogP contribution in [0.25, 0.3) is 0 Å². The van der Waals surface area contributed by atoms with Crippen molar-refractivity contribution in [3.05, 3.63) is 100 Å². The Hall–Kier alpha value is -6.33. The standard InChI is InChI=1S/C56H78N10O7/c1-32(57-9)48(67)63-46(55(3,4)5)52(71)65-30-37-27-38(26-25-36(37)28-44(65)50(69)61-42-23-15-19-34-17-11-13-21-40(34)42)59-54(73)60-39-29-45(51(70)62-43-24-16-20-35-18-12-14-22-41(35)43)66(31-39)53(72)47(56(6,7)8)64-49(68)33(2)58-10/h11-14,17-18,21-22,25-27,32-33,39,42-47,57-58H,15-16,19-20,23-24,28-31H2,1-10H3,(H,61,69)(H,62,70)(H,63,67)(H,64,68)(H2,59,60,73)/t32-,33-,39-,42+,43+,44-,45-,46+,47?/m0/s1. The van der Waals surface area contributed by atoms with Gasteiger partial charge in [0, 0.05) is 25.2 Å². The average Bonchev–Trinajstić information content (AvgIpc) is 3.78. The van der Waals surface area contributed by atoms with Crippen molar-refractivity contribution in [3.8, 4) is 0 Å². The zero-order valence-electron chi connectivity index (χ0n) is 44.4. The van der Waals surface area contributed by atoms with E-state index in [1.54, 1.807) is 45.0 Å². The molecular weight excluding hydrogens is 925 g/mol. The molecule has 8 N–H and O–H groups in total. The van der Waals surface area contributed by atoms with E-state index in [2.05, 4.69) is 54.7 Å². The van der Waals surface area contributed by atoms with Gasteiger partial charge in [0.25, 0.3) is 0 Å². The van der Waals surface area contributed by atoms with E-state index in [4.69, 9.17) is 0 Å². The van der Waals surface area contributed by atoms with E-state index < -0.39 is 71.0 Å². The molecule has 0 aromatic heterocycles. The van der Waals surface area contributed by atoms with E-state index in [1.165, 1.54) is 16.0 Å². The van der Waals surface area contributed by atoms with Gasteiger partial charge in [-0.2, -0.15) is 0 Å². The van der Waals surface area contributed by atoms with Gasteiger partial charge < -0.3 is 52.3 Å². The summed E-state index contributed by atoms with van der Waals surface area (Å²) >= 11 is 0. The second-order valence-electron chi connectivity index (χ2n) is 22.6. The lowest BCUT2D eigenvalue weighted by atomic mass is 9.83. The number of hydrogen-bond acceptors (Lipinski definition) is 9. The van der Waals surface area contributed by atoms with E-state index >= 15 is 0 Å². The van der Waals surface area contributed by atoms with Crippen LogP contribution >= 0.6 is 0 Å². The highest BCUT2D eigenvalue weighted by Gasteiger charge is 2.47. The van der Waals surface area contributed by atoms with E-state index in [9.17, 15) is 33.6 Å². The normalized spacial score (nSPS) is 22.2. The SMILES string of the molecule is CN[C@@H](C)C(=O)NC(C(=O)N1C[C@@H](NC(=O)Nc2ccc3c(c2)CN(C(=O)[C@@H](NC(=O)[C@H](C)NC)C(C)(C)C)[C@H](C(=O)N[C@@H]2CCCc4ccccc42)C3)C[C@H]1C(=O)N[C@@H]1CCCc2ccccc21)C(C)(C)C. The van der Waals surface area contributed by atoms with Crippen LogP contribution in [0.1, 0.15) is 133 Å². The first kappa shape index (κ1) is 54.4. The third-order valence-electron chi connectivity index (χ3n) is 15.2. The molecule has 1 fully saturated rings. The zero-order valence-corrected chi connectivity index (χ0v) is 44.4. The highest BCUT2D eigenvalue weighted by molar-refractivity contribution is 5.96. The van der Waals surface area contributed by atoms with Crippen molar-refractivity contribution >= 4 is 47.2 Å². The van der Waals surface area contributed by atoms with Crippen molar-refractivity contribution in [2.45, 2.75) is 168 Å². The Morgan fingerprint density at radius 1 is 0.589 bits per heavy atom. The number of likely N-dealkylation sites (tertiary alicyclic amines) is 1. The Kier molecular flexibility index (Phi) is 17.0. The molecule has 394 valence electrons. The second kappa shape index (κ2) is 22.8. The summed E-state index contributed by atoms with van der Waals surface area (Å²) in [5.41, 5.74) is 5.04. The number of rotatable bonds is 14. The number of anilines is 1. The van der Waals surface area contributed by atoms with Crippen molar-refractivity contribution in [2.24, 2.45) is 10.8 Å². The van der Waals surface area contributed by atoms with Crippen LogP contribution in [0.5, 0.6) is 0 Å². The fourth-order valence-electron chi connectivity index (χ4n) is 10.7. The van der Waals surface area contributed by atoms with E-state index in [0.717, 1.165) is 60.8 Å². The van der Waals surface area contributed by atoms with Crippen LogP contribution in [-0.4, -0.2) is 114 Å². The van der Waals surface area contributed by atoms with Crippen LogP contribution in [0, 0.1) is 10.8 Å². The molecule has 0 spiro atoms. The molecule has 17 heteroatoms. The number of aryl methyl sites for hydroxylation is 2. The molecule has 2 heterocycles. The maximum Gasteiger partial charge on any atom is 0.319 e. The average molecular weight is 1000 g/mol. The van der Waals surface area contributed by atoms with Crippen molar-refractivity contribution in [3.63, 3.8) is 0 Å². The number of benzene rings is 3. The number of likely N-dealkylation sites (N-methyl/N-ethyl adjacent to an activating group) is 2. The summed E-state index contributed by atoms with van der Waals surface area (Å²) in [6.45, 7) is 14.7. The van der Waals surface area contributed by atoms with Gasteiger partial charge in [-0.15, -0.1) is 0 Å². The van der Waals surface area contributed by atoms with Gasteiger partial charge >= 0.3 is 6.03 Å². The predicted octanol–water partition coefficient (Wildman–Crippen LogP) is 4.70. The van der Waals surface area contributed by atoms with Gasteiger partial charge in [-0.05, 0) is 129 Å². The number of nitrogens with zero attached hydrogens (tertiary/aromatic N) is 2. The number of urea groups is 1. The lowest BCUT2D eigenvalue weighted by molar-refractivity contribution is -0.147. The van der Waals surface area contributed by atoms with Gasteiger partial charge in [0.15, 0.2) is 0 Å². The molecule has 73 heavy (non-hydrogen) atoms. The molecule has 4 aliphatic rings. The molecule has 0 saturated carbocycles. The van der Waals surface area contributed by atoms with Crippen LogP contribution in [0.3, 0.4) is 0 Å². The first-order valence-electron chi connectivity index (χ1n) is 26.1. The highest BCUT2D eigenvalue weighted by Crippen LogP contribution is 2.35. The van der Waals surface area contributed by atoms with Crippen molar-refractivity contribution in [1.82, 2.24) is 47.0 Å². The Labute approximate surface area is 430 Å². The number of carbonyl (C=O) groups excluding carboxylic acids is 7. The Balaban J connectivity index is 1.12. The number of amides is 8. The second-order valence-corrected chi connectivity index (χ2v) is 22.6. The summed E-state index contributed by atoms with van der Waals surface area (Å²) in [7, 11) is 3.33. The largest absolute Gasteiger partial charge is 0.347 e. The molecule has 2 aliphatic heterocycles. The molecule has 9 atom stereocenters. The van der Waals surface area contributed by atoms with E-state index in [1.807, 2.05) is 84.0 Å². The Bertz CT molecular complexity index is 2550. The fraction of sp³-hybridized carbons (Fsp3) is 0.554. The molecule has 3 aromatic rings. The maximum atomic E-state index is 14.9. The molecule has 7 rings (SSSR count). The lowest BCUT2D eigenvalue weighted by Crippen LogP contribution is -2.62. The molecule has 1 unspecified atom stereocenters. The molecule has 17 nitrogen and oxygen atoms in total. The highest BCUT2D eigenvalue weighted by atomic mass is 16.2. The molecule has 0 bridgehead atoms. The minimum Gasteiger partial charge on any atom is -0.347 e. The third kappa shape index (κ3) is 12.7. The van der Waals surface area contributed by atoms with Crippen LogP contribution in [0.4, 0.5) is 10.5 Å². The minimum atomic E-state index is -0.975. The van der Waals surface area contributed by atoms with Gasteiger partial charge in [-0.25, -0.2) is 4.79 Å². The van der Waals surface area contributed by atoms with E-state index in [0.29, 0.717) is 5.69 Å². The van der Waals surface area contributed by atoms with Gasteiger partial charge in [-0.3, -0.25) is 28.8 Å². The topological polar surface area (TPSA) is 222 Å². The van der Waals surface area contributed by atoms with Crippen molar-refractivity contribution in [1.29, 1.82) is 0 Å². The predicted molar refractivity (Wildman–Crippen MR) is 281 cm³/mol. The summed E-state index contributed by atoms with van der Waals surface area (Å²) in [4.78, 5) is 102. The van der Waals surface area contributed by atoms with Gasteiger partial charge in [-0.1, -0.05) is 96.1 Å². The van der Waals surface area contributed by atoms with Gasteiger partial charge in [0.2, 0.25) is 35.4 Å². The molecular formula is C56H78N10O7. The summed E-state index contributed by atoms with van der Waals surface area (Å²) in [6, 6.07) is 15.0. The number of fused-ring (bicyclic) bond motifs is 3. The van der Waals surface area contributed by atoms with Crippen LogP contribution in [-0.2, 0) is 54.6 Å². The third-order valence-corrected chi connectivity index (χ3v) is 15.2. The molecule has 1 saturated heterocycles. The quantitative estimate of drug-likeness (QED) is 0.112. The minimum absolute atomic E-state index is 0.0192. The summed E-state index contributed by atoms with van der Waals surface area (Å²) in [5, 5.41) is 24.2. The van der Waals surface area contributed by atoms with E-state index in [-0.39, 0.29) is 61.6 Å². The first-order valence-corrected chi connectivity index (χ1v) is 26.1. The number of hydrogen-bond donors (Lipinski definition) is 8. The molecule has 0 radical (unpaired) electrons. The maximum absolute atomic E-state index is 14.9. The van der Waals surface area contributed by atoms with Crippen LogP contribution in [0.15, 0.2) is 66.7 Å². The number of nitrogens with one attached hydrogen (secondary N) is 8. The Morgan fingerprint density at radius 2 is 1.08 bits per heavy atom. The zero-order chi connectivity index (χ0) is 52.9. The fourth-order valence-corrected chi connectivity index (χ4v) is 10.7. The first-order chi connectivity index (χ1) is 34.6. The Morgan fingerprint density at radius 3 is 1.59 bits per heavy atom. The van der Waals surface area contributed by atoms with Crippen LogP contribution in [0.2, 0.25) is 0 Å². The van der Waals surface area contributed by atoms with Crippen molar-refractivity contribution < 1.29 is 33.6 Å². The smallest absolute Gasteiger partial charge is 0.319 e. The van der Waals surface area contributed by atoms with Crippen LogP contribution < -0.4 is 42.5 Å². The molecule has 3 aromatic carbocycles. The molecule has 2 aliphatic carbocycles. The summed E-state index contributed by atoms with van der Waals surface area (Å²) in [5.74, 6) is -2.14. The lowest BCUT2D eigenvalue weighted by Gasteiger charge is -2.42. The van der Waals surface area contributed by atoms with Crippen molar-refractivity contribution in [2.75, 3.05) is 26.0 Å². The van der Waals surface area contributed by atoms with Gasteiger partial charge in [0.1, 0.15) is 24.2 Å². The summed E-state index contributed by atoms with van der Waals surface area (Å²) < 4.78 is 0. The monoisotopic (exact) mass is 1000 g/mol. The van der Waals surface area contributed by atoms with Gasteiger partial charge in [0.05, 0.1) is 30.2 Å². The number of carbonyl (C=O) groups is 7. The summed E-state index contributed by atoms with van der Waals surface area (Å²) in [6.07, 6.45) is 5.51. The molecule has 8 amide bonds.